The van der Waals surface area contributed by atoms with Crippen molar-refractivity contribution in [2.75, 3.05) is 23.7 Å². The highest BCUT2D eigenvalue weighted by Gasteiger charge is 2.27. The predicted molar refractivity (Wildman–Crippen MR) is 130 cm³/mol. The molecule has 34 heavy (non-hydrogen) atoms. The number of nitrogens with zero attached hydrogens (tertiary/aromatic N) is 4. The van der Waals surface area contributed by atoms with Crippen LogP contribution < -0.4 is 21.7 Å². The molecule has 0 amide bonds. The minimum atomic E-state index is -1.18. The summed E-state index contributed by atoms with van der Waals surface area (Å²) in [5.41, 5.74) is 5.37. The number of aliphatic hydroxyl groups is 1. The van der Waals surface area contributed by atoms with Crippen molar-refractivity contribution in [1.29, 1.82) is 0 Å². The Hall–Kier alpha value is -2.93. The third-order valence-corrected chi connectivity index (χ3v) is 6.07. The van der Waals surface area contributed by atoms with E-state index in [2.05, 4.69) is 52.3 Å². The van der Waals surface area contributed by atoms with E-state index in [9.17, 15) is 14.7 Å². The highest BCUT2D eigenvalue weighted by Crippen LogP contribution is 2.32. The van der Waals surface area contributed by atoms with Crippen LogP contribution in [0.4, 0.5) is 15.9 Å². The Morgan fingerprint density at radius 2 is 2.09 bits per heavy atom. The first-order valence-electron chi connectivity index (χ1n) is 11.1. The molecule has 1 unspecified atom stereocenters. The van der Waals surface area contributed by atoms with Gasteiger partial charge in [-0.25, -0.2) is 14.0 Å². The average molecular weight is 541 g/mol. The van der Waals surface area contributed by atoms with Gasteiger partial charge in [-0.3, -0.25) is 0 Å². The first-order chi connectivity index (χ1) is 16.3. The van der Waals surface area contributed by atoms with Gasteiger partial charge < -0.3 is 32.0 Å². The van der Waals surface area contributed by atoms with Gasteiger partial charge in [0.1, 0.15) is 5.82 Å². The van der Waals surface area contributed by atoms with Crippen molar-refractivity contribution in [2.24, 2.45) is 21.8 Å². The molecule has 1 heterocycles. The molecule has 1 fully saturated rings. The van der Waals surface area contributed by atoms with Crippen molar-refractivity contribution in [2.45, 2.75) is 51.2 Å². The highest BCUT2D eigenvalue weighted by atomic mass is 79.9. The lowest BCUT2D eigenvalue weighted by atomic mass is 9.97. The molecule has 1 aromatic carbocycles. The number of nitrogens with two attached hydrogens (primary N) is 1. The van der Waals surface area contributed by atoms with Crippen LogP contribution in [0.1, 0.15) is 51.1 Å². The Labute approximate surface area is 205 Å². The van der Waals surface area contributed by atoms with Crippen LogP contribution in [0.3, 0.4) is 0 Å². The van der Waals surface area contributed by atoms with Gasteiger partial charge in [-0.15, -0.1) is 0 Å². The van der Waals surface area contributed by atoms with Gasteiger partial charge in [-0.1, -0.05) is 30.8 Å². The molecule has 1 saturated carbocycles. The van der Waals surface area contributed by atoms with E-state index >= 15 is 0 Å². The molecule has 0 saturated heterocycles. The van der Waals surface area contributed by atoms with Crippen molar-refractivity contribution in [3.05, 3.63) is 34.2 Å². The molecule has 1 aromatic heterocycles. The topological polar surface area (TPSA) is 166 Å². The summed E-state index contributed by atoms with van der Waals surface area (Å²) in [6.45, 7) is 2.66. The molecule has 0 aliphatic heterocycles. The van der Waals surface area contributed by atoms with Crippen molar-refractivity contribution in [1.82, 2.24) is 15.6 Å². The van der Waals surface area contributed by atoms with Crippen LogP contribution in [0.5, 0.6) is 0 Å². The quantitative estimate of drug-likeness (QED) is 0.0871. The SMILES string of the molecule is CC(O)(CC1CCCC1)/N=C(\N)NCCCNc1nonc1/C(=N/O)Nc1ccc(F)c(Br)c1. The Morgan fingerprint density at radius 1 is 1.32 bits per heavy atom. The number of nitrogens with one attached hydrogen (secondary N) is 3. The zero-order valence-corrected chi connectivity index (χ0v) is 20.5. The summed E-state index contributed by atoms with van der Waals surface area (Å²) < 4.78 is 18.5. The van der Waals surface area contributed by atoms with Crippen LogP contribution in [0, 0.1) is 11.7 Å². The number of guanidine groups is 1. The molecule has 186 valence electrons. The summed E-state index contributed by atoms with van der Waals surface area (Å²) >= 11 is 3.10. The van der Waals surface area contributed by atoms with Crippen LogP contribution in [-0.2, 0) is 0 Å². The summed E-state index contributed by atoms with van der Waals surface area (Å²) in [6, 6.07) is 4.23. The third kappa shape index (κ3) is 7.55. The molecule has 13 heteroatoms. The van der Waals surface area contributed by atoms with Crippen LogP contribution in [0.15, 0.2) is 37.4 Å². The van der Waals surface area contributed by atoms with E-state index in [4.69, 9.17) is 10.4 Å². The first-order valence-corrected chi connectivity index (χ1v) is 11.9. The first kappa shape index (κ1) is 25.7. The lowest BCUT2D eigenvalue weighted by molar-refractivity contribution is 0.0432. The van der Waals surface area contributed by atoms with Crippen molar-refractivity contribution in [3.63, 3.8) is 0 Å². The molecule has 7 N–H and O–H groups in total. The zero-order valence-electron chi connectivity index (χ0n) is 18.9. The molecule has 3 rings (SSSR count). The summed E-state index contributed by atoms with van der Waals surface area (Å²) in [5, 5.41) is 39.5. The molecule has 2 aromatic rings. The number of halogens is 2. The number of oxime groups is 1. The second-order valence-electron chi connectivity index (χ2n) is 8.44. The van der Waals surface area contributed by atoms with E-state index in [-0.39, 0.29) is 27.8 Å². The molecule has 0 bridgehead atoms. The van der Waals surface area contributed by atoms with Crippen LogP contribution in [0.25, 0.3) is 0 Å². The van der Waals surface area contributed by atoms with Gasteiger partial charge in [0.2, 0.25) is 11.7 Å². The number of rotatable bonds is 10. The number of aliphatic imine (C=N–C) groups is 1. The maximum absolute atomic E-state index is 13.4. The second kappa shape index (κ2) is 12.0. The lowest BCUT2D eigenvalue weighted by Gasteiger charge is -2.23. The molecular formula is C21H30BrFN8O3. The van der Waals surface area contributed by atoms with Crippen LogP contribution in [0.2, 0.25) is 0 Å². The van der Waals surface area contributed by atoms with Crippen LogP contribution >= 0.6 is 15.9 Å². The van der Waals surface area contributed by atoms with Gasteiger partial charge >= 0.3 is 0 Å². The van der Waals surface area contributed by atoms with E-state index in [1.54, 1.807) is 6.92 Å². The van der Waals surface area contributed by atoms with E-state index in [0.717, 1.165) is 12.8 Å². The van der Waals surface area contributed by atoms with Gasteiger partial charge in [-0.05, 0) is 70.1 Å². The Bertz CT molecular complexity index is 1010. The largest absolute Gasteiger partial charge is 0.409 e. The fraction of sp³-hybridized carbons (Fsp3) is 0.524. The molecular weight excluding hydrogens is 511 g/mol. The lowest BCUT2D eigenvalue weighted by Crippen LogP contribution is -2.37. The Kier molecular flexibility index (Phi) is 9.05. The summed E-state index contributed by atoms with van der Waals surface area (Å²) in [7, 11) is 0. The van der Waals surface area contributed by atoms with E-state index < -0.39 is 11.5 Å². The normalized spacial score (nSPS) is 16.9. The number of benzene rings is 1. The zero-order chi connectivity index (χ0) is 24.6. The van der Waals surface area contributed by atoms with Gasteiger partial charge in [0.05, 0.1) is 4.47 Å². The smallest absolute Gasteiger partial charge is 0.203 e. The number of aromatic nitrogens is 2. The number of hydrogen-bond donors (Lipinski definition) is 6. The number of anilines is 2. The molecule has 0 radical (unpaired) electrons. The monoisotopic (exact) mass is 540 g/mol. The van der Waals surface area contributed by atoms with Crippen molar-refractivity contribution < 1.29 is 19.3 Å². The van der Waals surface area contributed by atoms with Gasteiger partial charge in [0, 0.05) is 18.8 Å². The summed E-state index contributed by atoms with van der Waals surface area (Å²) in [6.07, 6.45) is 5.92. The van der Waals surface area contributed by atoms with Crippen molar-refractivity contribution in [3.8, 4) is 0 Å². The minimum absolute atomic E-state index is 0.0266. The summed E-state index contributed by atoms with van der Waals surface area (Å²) in [5.74, 6) is 0.502. The molecule has 1 aliphatic carbocycles. The Balaban J connectivity index is 1.45. The maximum Gasteiger partial charge on any atom is 0.203 e. The van der Waals surface area contributed by atoms with Crippen LogP contribution in [-0.4, -0.2) is 51.2 Å². The van der Waals surface area contributed by atoms with E-state index in [1.807, 2.05) is 0 Å². The molecule has 11 nitrogen and oxygen atoms in total. The maximum atomic E-state index is 13.4. The molecule has 0 spiro atoms. The summed E-state index contributed by atoms with van der Waals surface area (Å²) in [4.78, 5) is 4.22. The van der Waals surface area contributed by atoms with E-state index in [0.29, 0.717) is 37.5 Å². The fourth-order valence-electron chi connectivity index (χ4n) is 3.92. The minimum Gasteiger partial charge on any atom is -0.409 e. The number of hydrogen-bond acceptors (Lipinski definition) is 8. The standard InChI is InChI=1S/C21H30BrFN8O3/c1-21(32,12-13-5-2-3-6-13)28-20(24)26-10-4-9-25-18-17(30-34-31-18)19(29-33)27-14-7-8-16(23)15(22)11-14/h7-8,11,13,32-33H,2-6,9-10,12H2,1H3,(H,25,31)(H,27,29)(H3,24,26,28). The molecule has 1 aliphatic rings. The average Bonchev–Trinajstić information content (AvgIpc) is 3.45. The van der Waals surface area contributed by atoms with Gasteiger partial charge in [0.15, 0.2) is 17.4 Å². The van der Waals surface area contributed by atoms with Crippen molar-refractivity contribution >= 4 is 39.2 Å². The van der Waals surface area contributed by atoms with E-state index in [1.165, 1.54) is 31.0 Å². The fourth-order valence-corrected chi connectivity index (χ4v) is 4.30. The highest BCUT2D eigenvalue weighted by molar-refractivity contribution is 9.10. The van der Waals surface area contributed by atoms with Gasteiger partial charge in [0.25, 0.3) is 0 Å². The van der Waals surface area contributed by atoms with Gasteiger partial charge in [-0.2, -0.15) is 0 Å². The second-order valence-corrected chi connectivity index (χ2v) is 9.29. The third-order valence-electron chi connectivity index (χ3n) is 5.46. The number of amidine groups is 1. The Morgan fingerprint density at radius 3 is 2.79 bits per heavy atom. The molecule has 1 atom stereocenters. The predicted octanol–water partition coefficient (Wildman–Crippen LogP) is 3.21.